The quantitative estimate of drug-likeness (QED) is 0.111. The number of unbranched alkanes of at least 4 members (excludes halogenated alkanes) is 4. The van der Waals surface area contributed by atoms with Gasteiger partial charge in [-0.2, -0.15) is 0 Å². The van der Waals surface area contributed by atoms with Crippen LogP contribution in [0.1, 0.15) is 48.0 Å². The molecule has 0 aliphatic rings. The molecule has 6 heteroatoms. The van der Waals surface area contributed by atoms with Gasteiger partial charge in [0.15, 0.2) is 12.4 Å². The lowest BCUT2D eigenvalue weighted by Crippen LogP contribution is -3.00. The number of aromatic nitrogens is 2. The SMILES string of the molecule is C[n+]1cccc(C(=O)OCCCCCCCn2ccc3cc(OCc4ccccc4)ccc32)c1.[I-]. The highest BCUT2D eigenvalue weighted by molar-refractivity contribution is 5.88. The number of carbonyl (C=O) groups is 1. The molecule has 0 saturated heterocycles. The average Bonchev–Trinajstić information content (AvgIpc) is 3.27. The third kappa shape index (κ3) is 8.09. The topological polar surface area (TPSA) is 44.3 Å². The molecule has 0 unspecified atom stereocenters. The molecule has 0 radical (unpaired) electrons. The van der Waals surface area contributed by atoms with Crippen LogP contribution in [0.5, 0.6) is 5.75 Å². The molecule has 0 atom stereocenters. The van der Waals surface area contributed by atoms with E-state index in [0.717, 1.165) is 38.0 Å². The molecule has 0 aliphatic carbocycles. The van der Waals surface area contributed by atoms with Crippen molar-refractivity contribution in [3.8, 4) is 5.75 Å². The van der Waals surface area contributed by atoms with Crippen LogP contribution in [0, 0.1) is 0 Å². The first kappa shape index (κ1) is 26.7. The Labute approximate surface area is 224 Å². The molecule has 0 saturated carbocycles. The number of nitrogens with zero attached hydrogens (tertiary/aromatic N) is 2. The third-order valence-corrected chi connectivity index (χ3v) is 5.94. The number of rotatable bonds is 12. The molecule has 0 aliphatic heterocycles. The molecule has 4 rings (SSSR count). The Kier molecular flexibility index (Phi) is 10.6. The Balaban J connectivity index is 0.00000342. The largest absolute Gasteiger partial charge is 1.00 e. The summed E-state index contributed by atoms with van der Waals surface area (Å²) < 4.78 is 15.5. The number of benzene rings is 2. The molecule has 2 aromatic heterocycles. The number of halogens is 1. The number of hydrogen-bond acceptors (Lipinski definition) is 3. The summed E-state index contributed by atoms with van der Waals surface area (Å²) in [6, 6.07) is 22.3. The molecule has 184 valence electrons. The standard InChI is InChI=1S/C29H33N2O3.HI/c1-30-17-10-13-26(22-30)29(32)33-20-9-4-2-3-8-18-31-19-16-25-21-27(14-15-28(25)31)34-23-24-11-6-5-7-12-24;/h5-7,10-17,19,21-22H,2-4,8-9,18,20,23H2,1H3;1H/q+1;/p-1. The van der Waals surface area contributed by atoms with Gasteiger partial charge in [0.2, 0.25) is 0 Å². The Morgan fingerprint density at radius 1 is 0.914 bits per heavy atom. The molecule has 0 amide bonds. The van der Waals surface area contributed by atoms with Crippen LogP contribution < -0.4 is 33.3 Å². The molecular formula is C29H33IN2O3. The van der Waals surface area contributed by atoms with E-state index in [-0.39, 0.29) is 29.9 Å². The van der Waals surface area contributed by atoms with Crippen LogP contribution in [0.25, 0.3) is 10.9 Å². The van der Waals surface area contributed by atoms with Crippen molar-refractivity contribution in [3.05, 3.63) is 96.4 Å². The molecule has 4 aromatic rings. The van der Waals surface area contributed by atoms with Crippen LogP contribution in [0.15, 0.2) is 85.3 Å². The summed E-state index contributed by atoms with van der Waals surface area (Å²) in [5.41, 5.74) is 3.01. The van der Waals surface area contributed by atoms with Crippen molar-refractivity contribution in [1.29, 1.82) is 0 Å². The van der Waals surface area contributed by atoms with Gasteiger partial charge in [-0.05, 0) is 48.7 Å². The summed E-state index contributed by atoms with van der Waals surface area (Å²) in [6.07, 6.45) is 11.3. The van der Waals surface area contributed by atoms with E-state index in [1.807, 2.05) is 42.1 Å². The van der Waals surface area contributed by atoms with Gasteiger partial charge in [-0.3, -0.25) is 0 Å². The first-order chi connectivity index (χ1) is 16.7. The van der Waals surface area contributed by atoms with Gasteiger partial charge in [0.05, 0.1) is 6.61 Å². The van der Waals surface area contributed by atoms with Gasteiger partial charge >= 0.3 is 5.97 Å². The highest BCUT2D eigenvalue weighted by atomic mass is 127. The zero-order chi connectivity index (χ0) is 23.6. The van der Waals surface area contributed by atoms with Crippen molar-refractivity contribution < 1.29 is 42.8 Å². The zero-order valence-corrected chi connectivity index (χ0v) is 22.4. The van der Waals surface area contributed by atoms with E-state index in [0.29, 0.717) is 18.8 Å². The van der Waals surface area contributed by atoms with Crippen LogP contribution >= 0.6 is 0 Å². The maximum Gasteiger partial charge on any atom is 0.344 e. The second kappa shape index (κ2) is 13.9. The average molecular weight is 584 g/mol. The fourth-order valence-electron chi connectivity index (χ4n) is 4.08. The smallest absolute Gasteiger partial charge is 0.344 e. The van der Waals surface area contributed by atoms with Gasteiger partial charge < -0.3 is 38.0 Å². The zero-order valence-electron chi connectivity index (χ0n) is 20.2. The Bertz CT molecular complexity index is 1210. The molecular weight excluding hydrogens is 551 g/mol. The molecule has 0 N–H and O–H groups in total. The predicted molar refractivity (Wildman–Crippen MR) is 134 cm³/mol. The van der Waals surface area contributed by atoms with E-state index >= 15 is 0 Å². The summed E-state index contributed by atoms with van der Waals surface area (Å²) in [5, 5.41) is 1.21. The molecule has 0 bridgehead atoms. The summed E-state index contributed by atoms with van der Waals surface area (Å²) in [5.74, 6) is 0.653. The van der Waals surface area contributed by atoms with E-state index in [1.165, 1.54) is 22.9 Å². The number of esters is 1. The number of pyridine rings is 1. The van der Waals surface area contributed by atoms with Crippen LogP contribution in [-0.2, 0) is 24.9 Å². The van der Waals surface area contributed by atoms with Crippen LogP contribution in [-0.4, -0.2) is 17.1 Å². The highest BCUT2D eigenvalue weighted by Gasteiger charge is 2.10. The Morgan fingerprint density at radius 2 is 1.71 bits per heavy atom. The lowest BCUT2D eigenvalue weighted by molar-refractivity contribution is -0.671. The fourth-order valence-corrected chi connectivity index (χ4v) is 4.08. The van der Waals surface area contributed by atoms with Crippen LogP contribution in [0.4, 0.5) is 0 Å². The summed E-state index contributed by atoms with van der Waals surface area (Å²) in [6.45, 7) is 2.07. The summed E-state index contributed by atoms with van der Waals surface area (Å²) >= 11 is 0. The molecule has 0 spiro atoms. The van der Waals surface area contributed by atoms with Crippen molar-refractivity contribution in [2.24, 2.45) is 7.05 Å². The maximum absolute atomic E-state index is 12.0. The van der Waals surface area contributed by atoms with Gasteiger partial charge in [-0.15, -0.1) is 0 Å². The fraction of sp³-hybridized carbons (Fsp3) is 0.310. The first-order valence-corrected chi connectivity index (χ1v) is 12.1. The van der Waals surface area contributed by atoms with E-state index in [4.69, 9.17) is 9.47 Å². The van der Waals surface area contributed by atoms with Crippen molar-refractivity contribution in [2.75, 3.05) is 6.61 Å². The molecule has 35 heavy (non-hydrogen) atoms. The monoisotopic (exact) mass is 584 g/mol. The summed E-state index contributed by atoms with van der Waals surface area (Å²) in [4.78, 5) is 12.0. The van der Waals surface area contributed by atoms with E-state index < -0.39 is 0 Å². The number of aryl methyl sites for hydroxylation is 2. The summed E-state index contributed by atoms with van der Waals surface area (Å²) in [7, 11) is 1.90. The van der Waals surface area contributed by atoms with Crippen LogP contribution in [0.2, 0.25) is 0 Å². The Morgan fingerprint density at radius 3 is 2.54 bits per heavy atom. The molecule has 0 fully saturated rings. The maximum atomic E-state index is 12.0. The minimum absolute atomic E-state index is 0. The van der Waals surface area contributed by atoms with Gasteiger partial charge in [0, 0.05) is 29.7 Å². The van der Waals surface area contributed by atoms with E-state index in [2.05, 4.69) is 47.2 Å². The van der Waals surface area contributed by atoms with Crippen molar-refractivity contribution in [3.63, 3.8) is 0 Å². The molecule has 5 nitrogen and oxygen atoms in total. The molecule has 2 aromatic carbocycles. The second-order valence-electron chi connectivity index (χ2n) is 8.67. The van der Waals surface area contributed by atoms with Gasteiger partial charge in [-0.25, -0.2) is 9.36 Å². The van der Waals surface area contributed by atoms with Crippen molar-refractivity contribution >= 4 is 16.9 Å². The molecule has 2 heterocycles. The van der Waals surface area contributed by atoms with Gasteiger partial charge in [0.25, 0.3) is 0 Å². The van der Waals surface area contributed by atoms with Crippen molar-refractivity contribution in [1.82, 2.24) is 4.57 Å². The van der Waals surface area contributed by atoms with Gasteiger partial charge in [0.1, 0.15) is 25.0 Å². The van der Waals surface area contributed by atoms with Crippen molar-refractivity contribution in [2.45, 2.75) is 45.3 Å². The number of carbonyl (C=O) groups excluding carboxylic acids is 1. The number of hydrogen-bond donors (Lipinski definition) is 0. The first-order valence-electron chi connectivity index (χ1n) is 12.1. The lowest BCUT2D eigenvalue weighted by Gasteiger charge is -2.08. The number of ether oxygens (including phenoxy) is 2. The Hall–Kier alpha value is -2.87. The predicted octanol–water partition coefficient (Wildman–Crippen LogP) is 2.86. The lowest BCUT2D eigenvalue weighted by atomic mass is 10.1. The van der Waals surface area contributed by atoms with Crippen LogP contribution in [0.3, 0.4) is 0 Å². The second-order valence-corrected chi connectivity index (χ2v) is 8.67. The minimum Gasteiger partial charge on any atom is -1.00 e. The minimum atomic E-state index is -0.246. The van der Waals surface area contributed by atoms with E-state index in [1.54, 1.807) is 12.3 Å². The third-order valence-electron chi connectivity index (χ3n) is 5.94. The van der Waals surface area contributed by atoms with E-state index in [9.17, 15) is 4.79 Å². The number of fused-ring (bicyclic) bond motifs is 1. The van der Waals surface area contributed by atoms with Gasteiger partial charge in [-0.1, -0.05) is 49.6 Å². The highest BCUT2D eigenvalue weighted by Crippen LogP contribution is 2.23. The normalized spacial score (nSPS) is 10.7.